The maximum Gasteiger partial charge on any atom is 0.273 e. The summed E-state index contributed by atoms with van der Waals surface area (Å²) in [6.07, 6.45) is 0.674. The molecule has 1 aromatic carbocycles. The molecular weight excluding hydrogens is 322 g/mol. The summed E-state index contributed by atoms with van der Waals surface area (Å²) in [5, 5.41) is 10.9. The molecule has 1 aliphatic heterocycles. The predicted molar refractivity (Wildman–Crippen MR) is 84.9 cm³/mol. The molecule has 0 radical (unpaired) electrons. The van der Waals surface area contributed by atoms with E-state index in [1.807, 2.05) is 0 Å². The van der Waals surface area contributed by atoms with E-state index in [9.17, 15) is 18.5 Å². The normalized spacial score (nSPS) is 16.4. The Morgan fingerprint density at radius 1 is 1.35 bits per heavy atom. The molecule has 1 fully saturated rings. The molecule has 0 amide bonds. The zero-order valence-electron chi connectivity index (χ0n) is 13.0. The molecule has 0 unspecified atom stereocenters. The SMILES string of the molecule is Cc1c([N+](=O)[O-])cccc1S(=O)(=O)NCCCN1CCOCC1. The number of nitro benzene ring substituents is 1. The fourth-order valence-corrected chi connectivity index (χ4v) is 3.84. The first kappa shape index (κ1) is 17.8. The van der Waals surface area contributed by atoms with E-state index >= 15 is 0 Å². The van der Waals surface area contributed by atoms with Crippen LogP contribution in [-0.4, -0.2) is 57.6 Å². The van der Waals surface area contributed by atoms with Crippen molar-refractivity contribution in [2.24, 2.45) is 0 Å². The van der Waals surface area contributed by atoms with Gasteiger partial charge in [0.05, 0.1) is 23.0 Å². The zero-order chi connectivity index (χ0) is 16.9. The number of hydrogen-bond donors (Lipinski definition) is 1. The summed E-state index contributed by atoms with van der Waals surface area (Å²) in [5.41, 5.74) is -0.0422. The number of nitro groups is 1. The summed E-state index contributed by atoms with van der Waals surface area (Å²) in [6.45, 7) is 5.66. The third-order valence-corrected chi connectivity index (χ3v) is 5.39. The Hall–Kier alpha value is -1.55. The smallest absolute Gasteiger partial charge is 0.273 e. The molecule has 1 aliphatic rings. The lowest BCUT2D eigenvalue weighted by atomic mass is 10.2. The Bertz CT molecular complexity index is 656. The first-order valence-corrected chi connectivity index (χ1v) is 8.94. The van der Waals surface area contributed by atoms with Gasteiger partial charge in [-0.3, -0.25) is 15.0 Å². The average Bonchev–Trinajstić information content (AvgIpc) is 2.52. The van der Waals surface area contributed by atoms with Crippen LogP contribution in [-0.2, 0) is 14.8 Å². The Kier molecular flexibility index (Phi) is 6.05. The number of hydrogen-bond acceptors (Lipinski definition) is 6. The minimum atomic E-state index is -3.75. The molecule has 1 heterocycles. The third-order valence-electron chi connectivity index (χ3n) is 3.79. The molecule has 0 aliphatic carbocycles. The van der Waals surface area contributed by atoms with Crippen molar-refractivity contribution in [2.75, 3.05) is 39.4 Å². The number of morpholine rings is 1. The van der Waals surface area contributed by atoms with Gasteiger partial charge in [-0.2, -0.15) is 0 Å². The summed E-state index contributed by atoms with van der Waals surface area (Å²) in [5.74, 6) is 0. The maximum absolute atomic E-state index is 12.3. The van der Waals surface area contributed by atoms with Crippen LogP contribution in [0.1, 0.15) is 12.0 Å². The van der Waals surface area contributed by atoms with Gasteiger partial charge in [-0.05, 0) is 26.0 Å². The number of benzene rings is 1. The van der Waals surface area contributed by atoms with Gasteiger partial charge in [-0.1, -0.05) is 6.07 Å². The fraction of sp³-hybridized carbons (Fsp3) is 0.571. The number of sulfonamides is 1. The van der Waals surface area contributed by atoms with Gasteiger partial charge in [0.15, 0.2) is 0 Å². The minimum absolute atomic E-state index is 0.0435. The minimum Gasteiger partial charge on any atom is -0.379 e. The number of ether oxygens (including phenoxy) is 1. The Labute approximate surface area is 135 Å². The van der Waals surface area contributed by atoms with Crippen LogP contribution in [0, 0.1) is 17.0 Å². The molecule has 128 valence electrons. The van der Waals surface area contributed by atoms with E-state index in [1.54, 1.807) is 0 Å². The standard InChI is InChI=1S/C14H21N3O5S/c1-12-13(17(18)19)4-2-5-14(12)23(20,21)15-6-3-7-16-8-10-22-11-9-16/h2,4-5,15H,3,6-11H2,1H3. The summed E-state index contributed by atoms with van der Waals surface area (Å²) >= 11 is 0. The number of nitrogens with zero attached hydrogens (tertiary/aromatic N) is 2. The van der Waals surface area contributed by atoms with Gasteiger partial charge in [0.25, 0.3) is 5.69 Å². The van der Waals surface area contributed by atoms with Crippen LogP contribution in [0.3, 0.4) is 0 Å². The van der Waals surface area contributed by atoms with Crippen LogP contribution in [0.15, 0.2) is 23.1 Å². The van der Waals surface area contributed by atoms with Crippen LogP contribution in [0.5, 0.6) is 0 Å². The molecule has 0 atom stereocenters. The van der Waals surface area contributed by atoms with Crippen LogP contribution >= 0.6 is 0 Å². The summed E-state index contributed by atoms with van der Waals surface area (Å²) in [4.78, 5) is 12.5. The highest BCUT2D eigenvalue weighted by atomic mass is 32.2. The molecule has 9 heteroatoms. The number of rotatable bonds is 7. The topological polar surface area (TPSA) is 102 Å². The van der Waals surface area contributed by atoms with E-state index in [2.05, 4.69) is 9.62 Å². The first-order chi connectivity index (χ1) is 10.9. The Morgan fingerprint density at radius 3 is 2.70 bits per heavy atom. The highest BCUT2D eigenvalue weighted by molar-refractivity contribution is 7.89. The molecule has 1 aromatic rings. The van der Waals surface area contributed by atoms with Crippen molar-refractivity contribution >= 4 is 15.7 Å². The summed E-state index contributed by atoms with van der Waals surface area (Å²) in [6, 6.07) is 4.06. The van der Waals surface area contributed by atoms with Crippen molar-refractivity contribution < 1.29 is 18.1 Å². The van der Waals surface area contributed by atoms with Gasteiger partial charge in [-0.25, -0.2) is 13.1 Å². The quantitative estimate of drug-likeness (QED) is 0.448. The van der Waals surface area contributed by atoms with Gasteiger partial charge in [0.1, 0.15) is 0 Å². The Balaban J connectivity index is 1.94. The average molecular weight is 343 g/mol. The molecule has 0 aromatic heterocycles. The van der Waals surface area contributed by atoms with Gasteiger partial charge in [0.2, 0.25) is 10.0 Å². The van der Waals surface area contributed by atoms with Gasteiger partial charge in [0, 0.05) is 31.3 Å². The second-order valence-corrected chi connectivity index (χ2v) is 7.10. The van der Waals surface area contributed by atoms with Crippen molar-refractivity contribution in [1.29, 1.82) is 0 Å². The van der Waals surface area contributed by atoms with Crippen molar-refractivity contribution in [3.05, 3.63) is 33.9 Å². The van der Waals surface area contributed by atoms with E-state index in [-0.39, 0.29) is 16.1 Å². The van der Waals surface area contributed by atoms with Crippen LogP contribution in [0.4, 0.5) is 5.69 Å². The first-order valence-electron chi connectivity index (χ1n) is 7.45. The second-order valence-electron chi connectivity index (χ2n) is 5.36. The molecule has 23 heavy (non-hydrogen) atoms. The lowest BCUT2D eigenvalue weighted by Crippen LogP contribution is -2.38. The Morgan fingerprint density at radius 2 is 2.04 bits per heavy atom. The molecular formula is C14H21N3O5S. The van der Waals surface area contributed by atoms with Crippen molar-refractivity contribution in [3.63, 3.8) is 0 Å². The van der Waals surface area contributed by atoms with Crippen molar-refractivity contribution in [3.8, 4) is 0 Å². The van der Waals surface area contributed by atoms with Gasteiger partial charge in [-0.15, -0.1) is 0 Å². The molecule has 8 nitrogen and oxygen atoms in total. The van der Waals surface area contributed by atoms with Crippen molar-refractivity contribution in [1.82, 2.24) is 9.62 Å². The lowest BCUT2D eigenvalue weighted by Gasteiger charge is -2.26. The largest absolute Gasteiger partial charge is 0.379 e. The van der Waals surface area contributed by atoms with E-state index in [0.29, 0.717) is 26.2 Å². The predicted octanol–water partition coefficient (Wildman–Crippen LogP) is 0.904. The molecule has 1 N–H and O–H groups in total. The van der Waals surface area contributed by atoms with Gasteiger partial charge < -0.3 is 4.74 Å². The second kappa shape index (κ2) is 7.82. The monoisotopic (exact) mass is 343 g/mol. The maximum atomic E-state index is 12.3. The number of nitrogens with one attached hydrogen (secondary N) is 1. The fourth-order valence-electron chi connectivity index (χ4n) is 2.50. The van der Waals surface area contributed by atoms with E-state index in [0.717, 1.165) is 19.6 Å². The third kappa shape index (κ3) is 4.71. The molecule has 0 spiro atoms. The summed E-state index contributed by atoms with van der Waals surface area (Å²) in [7, 11) is -3.75. The van der Waals surface area contributed by atoms with E-state index < -0.39 is 14.9 Å². The van der Waals surface area contributed by atoms with Crippen LogP contribution < -0.4 is 4.72 Å². The molecule has 2 rings (SSSR count). The molecule has 0 bridgehead atoms. The lowest BCUT2D eigenvalue weighted by molar-refractivity contribution is -0.385. The van der Waals surface area contributed by atoms with Crippen LogP contribution in [0.25, 0.3) is 0 Å². The highest BCUT2D eigenvalue weighted by Crippen LogP contribution is 2.24. The molecule has 0 saturated carbocycles. The van der Waals surface area contributed by atoms with E-state index in [4.69, 9.17) is 4.74 Å². The molecule has 1 saturated heterocycles. The van der Waals surface area contributed by atoms with Gasteiger partial charge >= 0.3 is 0 Å². The van der Waals surface area contributed by atoms with E-state index in [1.165, 1.54) is 25.1 Å². The van der Waals surface area contributed by atoms with Crippen molar-refractivity contribution in [2.45, 2.75) is 18.2 Å². The highest BCUT2D eigenvalue weighted by Gasteiger charge is 2.22. The zero-order valence-corrected chi connectivity index (χ0v) is 13.8. The van der Waals surface area contributed by atoms with Crippen LogP contribution in [0.2, 0.25) is 0 Å². The summed E-state index contributed by atoms with van der Waals surface area (Å²) < 4.78 is 32.4.